The Morgan fingerprint density at radius 2 is 1.89 bits per heavy atom. The van der Waals surface area contributed by atoms with Crippen LogP contribution in [0, 0.1) is 5.92 Å². The van der Waals surface area contributed by atoms with Crippen LogP contribution in [0.15, 0.2) is 0 Å². The third-order valence-corrected chi connectivity index (χ3v) is 2.97. The summed E-state index contributed by atoms with van der Waals surface area (Å²) in [6, 6.07) is 0. The van der Waals surface area contributed by atoms with Crippen molar-refractivity contribution in [2.75, 3.05) is 33.3 Å². The molecule has 1 fully saturated rings. The second-order valence-corrected chi connectivity index (χ2v) is 4.54. The lowest BCUT2D eigenvalue weighted by molar-refractivity contribution is -0.200. The molecule has 110 valence electrons. The largest absolute Gasteiger partial charge is 0.490 e. The molecule has 0 aromatic carbocycles. The molecule has 1 aliphatic rings. The SMILES string of the molecule is CN(CC1CCNCC1)C(=O)COC(=O)C(F)(F)F. The summed E-state index contributed by atoms with van der Waals surface area (Å²) in [7, 11) is 1.49. The van der Waals surface area contributed by atoms with E-state index in [-0.39, 0.29) is 0 Å². The standard InChI is InChI=1S/C11H17F3N2O3/c1-16(6-8-2-4-15-5-3-8)9(17)7-19-10(18)11(12,13)14/h8,15H,2-7H2,1H3. The molecule has 0 aliphatic carbocycles. The van der Waals surface area contributed by atoms with Crippen LogP contribution >= 0.6 is 0 Å². The van der Waals surface area contributed by atoms with E-state index in [9.17, 15) is 22.8 Å². The van der Waals surface area contributed by atoms with Gasteiger partial charge in [-0.1, -0.05) is 0 Å². The Morgan fingerprint density at radius 3 is 2.42 bits per heavy atom. The van der Waals surface area contributed by atoms with Crippen LogP contribution in [0.4, 0.5) is 13.2 Å². The minimum Gasteiger partial charge on any atom is -0.449 e. The summed E-state index contributed by atoms with van der Waals surface area (Å²) < 4.78 is 39.5. The van der Waals surface area contributed by atoms with Crippen molar-refractivity contribution < 1.29 is 27.5 Å². The van der Waals surface area contributed by atoms with Crippen molar-refractivity contribution in [1.82, 2.24) is 10.2 Å². The minimum atomic E-state index is -5.06. The Labute approximate surface area is 109 Å². The molecule has 0 spiro atoms. The van der Waals surface area contributed by atoms with Crippen molar-refractivity contribution in [2.45, 2.75) is 19.0 Å². The lowest BCUT2D eigenvalue weighted by atomic mass is 9.98. The van der Waals surface area contributed by atoms with Gasteiger partial charge in [-0.2, -0.15) is 13.2 Å². The van der Waals surface area contributed by atoms with Crippen molar-refractivity contribution >= 4 is 11.9 Å². The zero-order valence-corrected chi connectivity index (χ0v) is 10.6. The van der Waals surface area contributed by atoms with Crippen molar-refractivity contribution in [2.24, 2.45) is 5.92 Å². The minimum absolute atomic E-state index is 0.327. The molecule has 1 rings (SSSR count). The monoisotopic (exact) mass is 282 g/mol. The van der Waals surface area contributed by atoms with Gasteiger partial charge in [0.15, 0.2) is 6.61 Å². The third kappa shape index (κ3) is 5.46. The van der Waals surface area contributed by atoms with Gasteiger partial charge in [-0.3, -0.25) is 4.79 Å². The number of halogens is 3. The number of carbonyl (C=O) groups is 2. The molecule has 1 amide bonds. The van der Waals surface area contributed by atoms with E-state index >= 15 is 0 Å². The van der Waals surface area contributed by atoms with Crippen LogP contribution in [0.2, 0.25) is 0 Å². The number of carbonyl (C=O) groups excluding carboxylic acids is 2. The second kappa shape index (κ2) is 6.74. The second-order valence-electron chi connectivity index (χ2n) is 4.54. The highest BCUT2D eigenvalue weighted by Gasteiger charge is 2.41. The smallest absolute Gasteiger partial charge is 0.449 e. The molecule has 0 bridgehead atoms. The summed E-state index contributed by atoms with van der Waals surface area (Å²) >= 11 is 0. The van der Waals surface area contributed by atoms with Crippen LogP contribution in [-0.2, 0) is 14.3 Å². The molecular formula is C11H17F3N2O3. The molecule has 0 aromatic heterocycles. The first-order valence-corrected chi connectivity index (χ1v) is 5.99. The Hall–Kier alpha value is -1.31. The molecule has 0 atom stereocenters. The summed E-state index contributed by atoms with van der Waals surface area (Å²) in [5.41, 5.74) is 0. The van der Waals surface area contributed by atoms with Crippen LogP contribution < -0.4 is 5.32 Å². The predicted octanol–water partition coefficient (Wildman–Crippen LogP) is 0.550. The number of nitrogens with one attached hydrogen (secondary N) is 1. The van der Waals surface area contributed by atoms with Crippen LogP contribution in [0.25, 0.3) is 0 Å². The first kappa shape index (κ1) is 15.7. The fourth-order valence-electron chi connectivity index (χ4n) is 1.87. The third-order valence-electron chi connectivity index (χ3n) is 2.97. The predicted molar refractivity (Wildman–Crippen MR) is 60.2 cm³/mol. The fraction of sp³-hybridized carbons (Fsp3) is 0.818. The quantitative estimate of drug-likeness (QED) is 0.765. The zero-order chi connectivity index (χ0) is 14.5. The highest BCUT2D eigenvalue weighted by Crippen LogP contribution is 2.16. The van der Waals surface area contributed by atoms with E-state index in [1.807, 2.05) is 0 Å². The number of ether oxygens (including phenoxy) is 1. The van der Waals surface area contributed by atoms with E-state index in [2.05, 4.69) is 10.1 Å². The summed E-state index contributed by atoms with van der Waals surface area (Å²) in [4.78, 5) is 23.3. The van der Waals surface area contributed by atoms with E-state index in [0.717, 1.165) is 25.9 Å². The molecule has 5 nitrogen and oxygen atoms in total. The Bertz CT molecular complexity index is 328. The van der Waals surface area contributed by atoms with E-state index < -0.39 is 24.7 Å². The van der Waals surface area contributed by atoms with Gasteiger partial charge in [0.25, 0.3) is 5.91 Å². The van der Waals surface area contributed by atoms with Gasteiger partial charge in [-0.05, 0) is 31.8 Å². The average Bonchev–Trinajstić information content (AvgIpc) is 2.35. The molecule has 0 radical (unpaired) electrons. The lowest BCUT2D eigenvalue weighted by Gasteiger charge is -2.27. The number of piperidine rings is 1. The number of hydrogen-bond donors (Lipinski definition) is 1. The molecule has 8 heteroatoms. The maximum Gasteiger partial charge on any atom is 0.490 e. The van der Waals surface area contributed by atoms with Gasteiger partial charge >= 0.3 is 12.1 Å². The topological polar surface area (TPSA) is 58.6 Å². The lowest BCUT2D eigenvalue weighted by Crippen LogP contribution is -2.39. The van der Waals surface area contributed by atoms with Gasteiger partial charge in [0.05, 0.1) is 0 Å². The maximum absolute atomic E-state index is 11.9. The van der Waals surface area contributed by atoms with Crippen molar-refractivity contribution in [3.8, 4) is 0 Å². The van der Waals surface area contributed by atoms with E-state index in [4.69, 9.17) is 0 Å². The van der Waals surface area contributed by atoms with Gasteiger partial charge in [-0.25, -0.2) is 4.79 Å². The van der Waals surface area contributed by atoms with Crippen LogP contribution in [0.5, 0.6) is 0 Å². The zero-order valence-electron chi connectivity index (χ0n) is 10.6. The molecule has 1 aliphatic heterocycles. The molecular weight excluding hydrogens is 265 g/mol. The summed E-state index contributed by atoms with van der Waals surface area (Å²) in [6.07, 6.45) is -3.23. The molecule has 1 heterocycles. The maximum atomic E-state index is 11.9. The van der Waals surface area contributed by atoms with Crippen molar-refractivity contribution in [3.05, 3.63) is 0 Å². The van der Waals surface area contributed by atoms with Crippen molar-refractivity contribution in [1.29, 1.82) is 0 Å². The number of hydrogen-bond acceptors (Lipinski definition) is 4. The molecule has 1 saturated heterocycles. The first-order chi connectivity index (χ1) is 8.80. The molecule has 0 aromatic rings. The van der Waals surface area contributed by atoms with Crippen LogP contribution in [0.1, 0.15) is 12.8 Å². The highest BCUT2D eigenvalue weighted by molar-refractivity contribution is 5.82. The fourth-order valence-corrected chi connectivity index (χ4v) is 1.87. The number of alkyl halides is 3. The molecule has 1 N–H and O–H groups in total. The van der Waals surface area contributed by atoms with Gasteiger partial charge in [0.2, 0.25) is 0 Å². The average molecular weight is 282 g/mol. The van der Waals surface area contributed by atoms with E-state index in [1.165, 1.54) is 11.9 Å². The molecule has 0 saturated carbocycles. The first-order valence-electron chi connectivity index (χ1n) is 5.99. The number of rotatable bonds is 4. The summed E-state index contributed by atoms with van der Waals surface area (Å²) in [5.74, 6) is -2.64. The van der Waals surface area contributed by atoms with E-state index in [1.54, 1.807) is 0 Å². The molecule has 0 unspecified atom stereocenters. The summed E-state index contributed by atoms with van der Waals surface area (Å²) in [5, 5.41) is 3.18. The molecule has 19 heavy (non-hydrogen) atoms. The number of likely N-dealkylation sites (N-methyl/N-ethyl adjacent to an activating group) is 1. The Kier molecular flexibility index (Phi) is 5.59. The normalized spacial score (nSPS) is 17.1. The van der Waals surface area contributed by atoms with Gasteiger partial charge in [0, 0.05) is 13.6 Å². The Morgan fingerprint density at radius 1 is 1.32 bits per heavy atom. The van der Waals surface area contributed by atoms with Crippen LogP contribution in [0.3, 0.4) is 0 Å². The Balaban J connectivity index is 2.30. The number of esters is 1. The van der Waals surface area contributed by atoms with E-state index in [0.29, 0.717) is 12.5 Å². The van der Waals surface area contributed by atoms with Gasteiger partial charge in [0.1, 0.15) is 0 Å². The number of nitrogens with zero attached hydrogens (tertiary/aromatic N) is 1. The number of amides is 1. The van der Waals surface area contributed by atoms with Crippen molar-refractivity contribution in [3.63, 3.8) is 0 Å². The summed E-state index contributed by atoms with van der Waals surface area (Å²) in [6.45, 7) is 1.33. The van der Waals surface area contributed by atoms with Gasteiger partial charge < -0.3 is 15.0 Å². The highest BCUT2D eigenvalue weighted by atomic mass is 19.4. The van der Waals surface area contributed by atoms with Crippen LogP contribution in [-0.4, -0.2) is 56.2 Å². The van der Waals surface area contributed by atoms with Gasteiger partial charge in [-0.15, -0.1) is 0 Å².